The first-order valence-corrected chi connectivity index (χ1v) is 10.8. The number of aryl methyl sites for hydroxylation is 1. The third kappa shape index (κ3) is 5.34. The molecule has 0 aliphatic carbocycles. The van der Waals surface area contributed by atoms with Gasteiger partial charge in [0, 0.05) is 17.2 Å². The number of nitrogens with zero attached hydrogens (tertiary/aromatic N) is 2. The molecule has 0 bridgehead atoms. The van der Waals surface area contributed by atoms with Crippen LogP contribution in [0, 0.1) is 20.6 Å². The quantitative estimate of drug-likeness (QED) is 0.112. The average Bonchev–Trinajstić information content (AvgIpc) is 3.07. The largest absolute Gasteiger partial charge is 0.490 e. The van der Waals surface area contributed by atoms with Crippen LogP contribution in [-0.4, -0.2) is 30.0 Å². The Balaban J connectivity index is 1.94. The van der Waals surface area contributed by atoms with E-state index in [1.54, 1.807) is 25.1 Å². The molecule has 1 aliphatic heterocycles. The van der Waals surface area contributed by atoms with Gasteiger partial charge in [0.2, 0.25) is 5.90 Å². The fourth-order valence-corrected chi connectivity index (χ4v) is 3.73. The second-order valence-corrected chi connectivity index (χ2v) is 8.27. The summed E-state index contributed by atoms with van der Waals surface area (Å²) >= 11 is 2.14. The number of carbonyl (C=O) groups is 1. The molecule has 0 saturated heterocycles. The van der Waals surface area contributed by atoms with Gasteiger partial charge in [-0.2, -0.15) is 0 Å². The molecule has 0 amide bonds. The molecule has 3 rings (SSSR count). The van der Waals surface area contributed by atoms with Crippen LogP contribution < -0.4 is 9.47 Å². The number of nitro groups is 1. The number of aliphatic imine (C=N–C) groups is 1. The minimum absolute atomic E-state index is 0.0126. The lowest BCUT2D eigenvalue weighted by Gasteiger charge is -2.14. The molecule has 1 aliphatic rings. The van der Waals surface area contributed by atoms with Crippen LogP contribution in [0.2, 0.25) is 0 Å². The van der Waals surface area contributed by atoms with Gasteiger partial charge < -0.3 is 14.2 Å². The number of nitro benzene ring substituents is 1. The Hall–Kier alpha value is -3.21. The minimum atomic E-state index is -0.605. The number of esters is 1. The molecule has 0 spiro atoms. The van der Waals surface area contributed by atoms with E-state index in [4.69, 9.17) is 14.2 Å². The number of benzene rings is 2. The van der Waals surface area contributed by atoms with E-state index in [1.807, 2.05) is 19.9 Å². The Morgan fingerprint density at radius 1 is 1.31 bits per heavy atom. The van der Waals surface area contributed by atoms with Crippen LogP contribution >= 0.6 is 22.6 Å². The van der Waals surface area contributed by atoms with Crippen LogP contribution in [0.15, 0.2) is 53.2 Å². The van der Waals surface area contributed by atoms with Crippen molar-refractivity contribution in [2.24, 2.45) is 4.99 Å². The van der Waals surface area contributed by atoms with Crippen LogP contribution in [0.3, 0.4) is 0 Å². The first-order valence-electron chi connectivity index (χ1n) is 9.71. The Morgan fingerprint density at radius 2 is 2.06 bits per heavy atom. The first kappa shape index (κ1) is 23.5. The molecule has 0 unspecified atom stereocenters. The molecule has 0 aromatic heterocycles. The van der Waals surface area contributed by atoms with Crippen molar-refractivity contribution in [3.8, 4) is 11.5 Å². The van der Waals surface area contributed by atoms with Gasteiger partial charge in [-0.05, 0) is 84.8 Å². The molecule has 0 atom stereocenters. The van der Waals surface area contributed by atoms with E-state index in [0.717, 1.165) is 9.14 Å². The lowest BCUT2D eigenvalue weighted by Crippen LogP contribution is -2.06. The van der Waals surface area contributed by atoms with Gasteiger partial charge in [-0.3, -0.25) is 10.1 Å². The summed E-state index contributed by atoms with van der Waals surface area (Å²) in [5.41, 5.74) is 2.61. The van der Waals surface area contributed by atoms with Gasteiger partial charge in [-0.1, -0.05) is 6.58 Å². The summed E-state index contributed by atoms with van der Waals surface area (Å²) in [6, 6.07) is 8.05. The molecular formula is C23H21IN2O6. The fraction of sp³-hybridized carbons (Fsp3) is 0.217. The highest BCUT2D eigenvalue weighted by atomic mass is 127. The maximum Gasteiger partial charge on any atom is 0.363 e. The molecular weight excluding hydrogens is 527 g/mol. The SMILES string of the molecule is C=C(C)COc1c(I)cc(/C=C2\N=C(c3ccc([N+](=O)[O-])c(C)c3)OC2=O)cc1OCC. The Kier molecular flexibility index (Phi) is 7.29. The Labute approximate surface area is 198 Å². The Morgan fingerprint density at radius 3 is 2.69 bits per heavy atom. The van der Waals surface area contributed by atoms with Crippen molar-refractivity contribution in [3.05, 3.63) is 78.6 Å². The predicted octanol–water partition coefficient (Wildman–Crippen LogP) is 5.21. The van der Waals surface area contributed by atoms with Crippen LogP contribution in [0.4, 0.5) is 5.69 Å². The molecule has 166 valence electrons. The normalized spacial score (nSPS) is 14.2. The summed E-state index contributed by atoms with van der Waals surface area (Å²) in [5, 5.41) is 11.0. The maximum atomic E-state index is 12.4. The highest BCUT2D eigenvalue weighted by Gasteiger charge is 2.25. The molecule has 2 aromatic carbocycles. The third-order valence-corrected chi connectivity index (χ3v) is 5.16. The predicted molar refractivity (Wildman–Crippen MR) is 129 cm³/mol. The van der Waals surface area contributed by atoms with E-state index >= 15 is 0 Å². The van der Waals surface area contributed by atoms with E-state index < -0.39 is 10.9 Å². The van der Waals surface area contributed by atoms with E-state index in [9.17, 15) is 14.9 Å². The van der Waals surface area contributed by atoms with Gasteiger partial charge in [-0.25, -0.2) is 9.79 Å². The van der Waals surface area contributed by atoms with Crippen LogP contribution in [-0.2, 0) is 9.53 Å². The zero-order chi connectivity index (χ0) is 23.4. The number of hydrogen-bond donors (Lipinski definition) is 0. The zero-order valence-corrected chi connectivity index (χ0v) is 20.0. The van der Waals surface area contributed by atoms with E-state index in [0.29, 0.717) is 41.4 Å². The van der Waals surface area contributed by atoms with Crippen molar-refractivity contribution >= 4 is 46.2 Å². The third-order valence-electron chi connectivity index (χ3n) is 4.36. The van der Waals surface area contributed by atoms with Crippen LogP contribution in [0.5, 0.6) is 11.5 Å². The second-order valence-electron chi connectivity index (χ2n) is 7.10. The summed E-state index contributed by atoms with van der Waals surface area (Å²) in [5.74, 6) is 0.651. The molecule has 0 saturated carbocycles. The number of rotatable bonds is 8. The van der Waals surface area contributed by atoms with E-state index in [1.165, 1.54) is 12.1 Å². The van der Waals surface area contributed by atoms with Gasteiger partial charge in [0.05, 0.1) is 15.1 Å². The van der Waals surface area contributed by atoms with Crippen molar-refractivity contribution in [1.29, 1.82) is 0 Å². The Bertz CT molecular complexity index is 1170. The van der Waals surface area contributed by atoms with E-state index in [2.05, 4.69) is 34.2 Å². The standard InChI is InChI=1S/C23H21IN2O6/c1-5-30-20-11-15(9-17(24)21(20)31-12-13(2)3)10-18-23(27)32-22(25-18)16-6-7-19(26(28)29)14(4)8-16/h6-11H,2,5,12H2,1,3-4H3/b18-10-. The monoisotopic (exact) mass is 548 g/mol. The van der Waals surface area contributed by atoms with Gasteiger partial charge in [-0.15, -0.1) is 0 Å². The molecule has 0 fully saturated rings. The highest BCUT2D eigenvalue weighted by molar-refractivity contribution is 14.1. The van der Waals surface area contributed by atoms with Crippen molar-refractivity contribution in [1.82, 2.24) is 0 Å². The number of halogens is 1. The number of cyclic esters (lactones) is 1. The maximum absolute atomic E-state index is 12.4. The molecule has 1 heterocycles. The van der Waals surface area contributed by atoms with Crippen molar-refractivity contribution in [2.75, 3.05) is 13.2 Å². The summed E-state index contributed by atoms with van der Waals surface area (Å²) < 4.78 is 17.6. The average molecular weight is 548 g/mol. The van der Waals surface area contributed by atoms with Crippen molar-refractivity contribution in [2.45, 2.75) is 20.8 Å². The lowest BCUT2D eigenvalue weighted by molar-refractivity contribution is -0.385. The van der Waals surface area contributed by atoms with Gasteiger partial charge in [0.1, 0.15) is 6.61 Å². The molecule has 0 N–H and O–H groups in total. The molecule has 8 nitrogen and oxygen atoms in total. The van der Waals surface area contributed by atoms with Gasteiger partial charge in [0.25, 0.3) is 5.69 Å². The summed E-state index contributed by atoms with van der Waals surface area (Å²) in [4.78, 5) is 27.2. The topological polar surface area (TPSA) is 100 Å². The summed E-state index contributed by atoms with van der Waals surface area (Å²) in [6.07, 6.45) is 1.60. The van der Waals surface area contributed by atoms with E-state index in [-0.39, 0.29) is 17.3 Å². The second kappa shape index (κ2) is 9.94. The minimum Gasteiger partial charge on any atom is -0.490 e. The van der Waals surface area contributed by atoms with Crippen molar-refractivity contribution < 1.29 is 23.9 Å². The molecule has 2 aromatic rings. The summed E-state index contributed by atoms with van der Waals surface area (Å²) in [6.45, 7) is 10.0. The molecule has 32 heavy (non-hydrogen) atoms. The van der Waals surface area contributed by atoms with Gasteiger partial charge >= 0.3 is 5.97 Å². The zero-order valence-electron chi connectivity index (χ0n) is 17.8. The lowest BCUT2D eigenvalue weighted by atomic mass is 10.1. The summed E-state index contributed by atoms with van der Waals surface area (Å²) in [7, 11) is 0. The number of carbonyl (C=O) groups excluding carboxylic acids is 1. The number of ether oxygens (including phenoxy) is 3. The first-order chi connectivity index (χ1) is 15.2. The van der Waals surface area contributed by atoms with Crippen LogP contribution in [0.25, 0.3) is 6.08 Å². The molecule has 0 radical (unpaired) electrons. The van der Waals surface area contributed by atoms with Crippen molar-refractivity contribution in [3.63, 3.8) is 0 Å². The fourth-order valence-electron chi connectivity index (χ4n) is 2.95. The van der Waals surface area contributed by atoms with Gasteiger partial charge in [0.15, 0.2) is 17.2 Å². The number of hydrogen-bond acceptors (Lipinski definition) is 7. The smallest absolute Gasteiger partial charge is 0.363 e. The molecule has 9 heteroatoms. The highest BCUT2D eigenvalue weighted by Crippen LogP contribution is 2.35. The van der Waals surface area contributed by atoms with Crippen LogP contribution in [0.1, 0.15) is 30.5 Å².